The predicted octanol–water partition coefficient (Wildman–Crippen LogP) is 14.4. The summed E-state index contributed by atoms with van der Waals surface area (Å²) in [7, 11) is 0. The maximum Gasteiger partial charge on any atom is 0.306 e. The third-order valence-electron chi connectivity index (χ3n) is 11.7. The SMILES string of the molecule is CCCCCCCCCCCCCCCCCC(O)C(CO)NC(=O)CC(CCCCCCCCC)OC(=O)CCCCCCCCCCCCCCCC. The Kier molecular flexibility index (Phi) is 43.1. The fraction of sp³-hybridized carbons (Fsp3) is 0.959. The highest BCUT2D eigenvalue weighted by atomic mass is 16.5. The Balaban J connectivity index is 4.33. The Labute approximate surface area is 343 Å². The first-order chi connectivity index (χ1) is 27.0. The number of unbranched alkanes of at least 4 members (excludes halogenated alkanes) is 33. The molecule has 0 aliphatic heterocycles. The minimum Gasteiger partial charge on any atom is -0.462 e. The molecule has 3 atom stereocenters. The second-order valence-electron chi connectivity index (χ2n) is 17.2. The largest absolute Gasteiger partial charge is 0.462 e. The van der Waals surface area contributed by atoms with E-state index in [9.17, 15) is 19.8 Å². The van der Waals surface area contributed by atoms with Gasteiger partial charge < -0.3 is 20.3 Å². The zero-order valence-electron chi connectivity index (χ0n) is 37.3. The molecule has 0 aromatic carbocycles. The number of ether oxygens (including phenoxy) is 1. The molecule has 1 amide bonds. The van der Waals surface area contributed by atoms with E-state index in [0.29, 0.717) is 19.3 Å². The van der Waals surface area contributed by atoms with Crippen molar-refractivity contribution in [2.75, 3.05) is 6.61 Å². The number of esters is 1. The van der Waals surface area contributed by atoms with Gasteiger partial charge in [0.2, 0.25) is 5.91 Å². The van der Waals surface area contributed by atoms with E-state index in [-0.39, 0.29) is 24.9 Å². The molecule has 0 spiro atoms. The van der Waals surface area contributed by atoms with Crippen molar-refractivity contribution in [3.05, 3.63) is 0 Å². The lowest BCUT2D eigenvalue weighted by atomic mass is 10.0. The minimum atomic E-state index is -0.777. The van der Waals surface area contributed by atoms with Crippen LogP contribution in [0.4, 0.5) is 0 Å². The fourth-order valence-corrected chi connectivity index (χ4v) is 7.90. The van der Waals surface area contributed by atoms with Crippen molar-refractivity contribution in [2.45, 2.75) is 296 Å². The zero-order chi connectivity index (χ0) is 40.3. The standard InChI is InChI=1S/C49H97NO5/c1-4-7-10-13-16-18-20-22-24-25-27-29-32-35-38-41-47(52)46(44-51)50-48(53)43-45(40-37-34-31-15-12-9-6-3)55-49(54)42-39-36-33-30-28-26-23-21-19-17-14-11-8-5-2/h45-47,51-52H,4-44H2,1-3H3,(H,50,53). The van der Waals surface area contributed by atoms with Gasteiger partial charge >= 0.3 is 5.97 Å². The summed E-state index contributed by atoms with van der Waals surface area (Å²) in [6, 6.07) is -0.690. The maximum absolute atomic E-state index is 13.1. The Hall–Kier alpha value is -1.14. The van der Waals surface area contributed by atoms with Gasteiger partial charge in [-0.3, -0.25) is 9.59 Å². The molecule has 6 heteroatoms. The van der Waals surface area contributed by atoms with E-state index < -0.39 is 18.2 Å². The topological polar surface area (TPSA) is 95.9 Å². The molecule has 328 valence electrons. The Morgan fingerprint density at radius 3 is 1.11 bits per heavy atom. The van der Waals surface area contributed by atoms with E-state index in [2.05, 4.69) is 26.1 Å². The second kappa shape index (κ2) is 44.0. The average molecular weight is 780 g/mol. The Bertz CT molecular complexity index is 791. The van der Waals surface area contributed by atoms with E-state index in [4.69, 9.17) is 4.74 Å². The van der Waals surface area contributed by atoms with Crippen molar-refractivity contribution < 1.29 is 24.5 Å². The van der Waals surface area contributed by atoms with E-state index in [1.165, 1.54) is 193 Å². The van der Waals surface area contributed by atoms with E-state index in [1.807, 2.05) is 0 Å². The number of aliphatic hydroxyl groups is 2. The van der Waals surface area contributed by atoms with Crippen molar-refractivity contribution in [3.8, 4) is 0 Å². The number of rotatable bonds is 45. The summed E-state index contributed by atoms with van der Waals surface area (Å²) in [4.78, 5) is 25.9. The van der Waals surface area contributed by atoms with Crippen molar-refractivity contribution in [3.63, 3.8) is 0 Å². The van der Waals surface area contributed by atoms with Gasteiger partial charge in [-0.05, 0) is 25.7 Å². The van der Waals surface area contributed by atoms with Crippen LogP contribution in [-0.4, -0.2) is 46.9 Å². The lowest BCUT2D eigenvalue weighted by Gasteiger charge is -2.24. The molecular formula is C49H97NO5. The first-order valence-corrected chi connectivity index (χ1v) is 24.8. The first kappa shape index (κ1) is 53.9. The van der Waals surface area contributed by atoms with Crippen LogP contribution < -0.4 is 5.32 Å². The molecule has 0 radical (unpaired) electrons. The Morgan fingerprint density at radius 1 is 0.455 bits per heavy atom. The lowest BCUT2D eigenvalue weighted by molar-refractivity contribution is -0.151. The summed E-state index contributed by atoms with van der Waals surface area (Å²) in [6.07, 6.45) is 46.0. The quantitative estimate of drug-likeness (QED) is 0.0422. The number of aliphatic hydroxyl groups excluding tert-OH is 2. The zero-order valence-corrected chi connectivity index (χ0v) is 37.3. The number of amides is 1. The molecular weight excluding hydrogens is 683 g/mol. The molecule has 0 fully saturated rings. The summed E-state index contributed by atoms with van der Waals surface area (Å²) < 4.78 is 5.89. The summed E-state index contributed by atoms with van der Waals surface area (Å²) in [5.41, 5.74) is 0. The number of carbonyl (C=O) groups excluding carboxylic acids is 2. The van der Waals surface area contributed by atoms with Gasteiger partial charge in [0.05, 0.1) is 25.2 Å². The van der Waals surface area contributed by atoms with Crippen molar-refractivity contribution in [1.29, 1.82) is 0 Å². The molecule has 0 bridgehead atoms. The third-order valence-corrected chi connectivity index (χ3v) is 11.7. The molecule has 6 nitrogen and oxygen atoms in total. The van der Waals surface area contributed by atoms with Gasteiger partial charge in [0, 0.05) is 6.42 Å². The number of hydrogen-bond donors (Lipinski definition) is 3. The highest BCUT2D eigenvalue weighted by molar-refractivity contribution is 5.77. The summed E-state index contributed by atoms with van der Waals surface area (Å²) >= 11 is 0. The van der Waals surface area contributed by atoms with Gasteiger partial charge in [0.25, 0.3) is 0 Å². The smallest absolute Gasteiger partial charge is 0.306 e. The summed E-state index contributed by atoms with van der Waals surface area (Å²) in [5, 5.41) is 23.7. The van der Waals surface area contributed by atoms with Gasteiger partial charge in [0.1, 0.15) is 6.10 Å². The van der Waals surface area contributed by atoms with Crippen LogP contribution in [0.25, 0.3) is 0 Å². The second-order valence-corrected chi connectivity index (χ2v) is 17.2. The molecule has 0 saturated carbocycles. The molecule has 0 aromatic heterocycles. The summed E-state index contributed by atoms with van der Waals surface area (Å²) in [5.74, 6) is -0.460. The Morgan fingerprint density at radius 2 is 0.764 bits per heavy atom. The van der Waals surface area contributed by atoms with E-state index in [0.717, 1.165) is 38.5 Å². The summed E-state index contributed by atoms with van der Waals surface area (Å²) in [6.45, 7) is 6.47. The van der Waals surface area contributed by atoms with Crippen molar-refractivity contribution >= 4 is 11.9 Å². The van der Waals surface area contributed by atoms with Crippen LogP contribution in [-0.2, 0) is 14.3 Å². The van der Waals surface area contributed by atoms with Gasteiger partial charge in [-0.1, -0.05) is 239 Å². The van der Waals surface area contributed by atoms with Crippen LogP contribution in [0.2, 0.25) is 0 Å². The van der Waals surface area contributed by atoms with Crippen LogP contribution in [0.15, 0.2) is 0 Å². The van der Waals surface area contributed by atoms with Gasteiger partial charge in [-0.25, -0.2) is 0 Å². The molecule has 3 N–H and O–H groups in total. The third kappa shape index (κ3) is 39.5. The molecule has 0 saturated heterocycles. The van der Waals surface area contributed by atoms with Crippen LogP contribution in [0.1, 0.15) is 278 Å². The molecule has 3 unspecified atom stereocenters. The highest BCUT2D eigenvalue weighted by Crippen LogP contribution is 2.18. The van der Waals surface area contributed by atoms with E-state index in [1.54, 1.807) is 0 Å². The maximum atomic E-state index is 13.1. The molecule has 0 aromatic rings. The molecule has 0 aliphatic rings. The van der Waals surface area contributed by atoms with Crippen LogP contribution in [0, 0.1) is 0 Å². The van der Waals surface area contributed by atoms with E-state index >= 15 is 0 Å². The number of carbonyl (C=O) groups is 2. The van der Waals surface area contributed by atoms with Crippen LogP contribution in [0.3, 0.4) is 0 Å². The number of nitrogens with one attached hydrogen (secondary N) is 1. The van der Waals surface area contributed by atoms with Crippen LogP contribution >= 0.6 is 0 Å². The molecule has 0 heterocycles. The fourth-order valence-electron chi connectivity index (χ4n) is 7.90. The predicted molar refractivity (Wildman–Crippen MR) is 237 cm³/mol. The molecule has 0 aliphatic carbocycles. The van der Waals surface area contributed by atoms with Gasteiger partial charge in [-0.15, -0.1) is 0 Å². The normalized spacial score (nSPS) is 13.2. The highest BCUT2D eigenvalue weighted by Gasteiger charge is 2.24. The van der Waals surface area contributed by atoms with Crippen molar-refractivity contribution in [1.82, 2.24) is 5.32 Å². The first-order valence-electron chi connectivity index (χ1n) is 24.8. The van der Waals surface area contributed by atoms with Crippen molar-refractivity contribution in [2.24, 2.45) is 0 Å². The lowest BCUT2D eigenvalue weighted by Crippen LogP contribution is -2.46. The van der Waals surface area contributed by atoms with Crippen LogP contribution in [0.5, 0.6) is 0 Å². The molecule has 0 rings (SSSR count). The average Bonchev–Trinajstić information content (AvgIpc) is 3.18. The van der Waals surface area contributed by atoms with Gasteiger partial charge in [-0.2, -0.15) is 0 Å². The monoisotopic (exact) mass is 780 g/mol. The molecule has 55 heavy (non-hydrogen) atoms. The van der Waals surface area contributed by atoms with Gasteiger partial charge in [0.15, 0.2) is 0 Å². The number of hydrogen-bond acceptors (Lipinski definition) is 5. The minimum absolute atomic E-state index is 0.0858.